The van der Waals surface area contributed by atoms with Crippen LogP contribution in [0.25, 0.3) is 5.57 Å². The molecule has 0 radical (unpaired) electrons. The van der Waals surface area contributed by atoms with Gasteiger partial charge in [0.05, 0.1) is 16.3 Å². The molecule has 0 aliphatic heterocycles. The normalized spacial score (nSPS) is 23.3. The number of aromatic nitrogens is 1. The largest absolute Gasteiger partial charge is 0.393 e. The zero-order valence-electron chi connectivity index (χ0n) is 8.63. The Labute approximate surface area is 107 Å². The van der Waals surface area contributed by atoms with Gasteiger partial charge < -0.3 is 5.11 Å². The Hall–Kier alpha value is -0.380. The highest BCUT2D eigenvalue weighted by atomic mass is 79.9. The Kier molecular flexibility index (Phi) is 2.57. The summed E-state index contributed by atoms with van der Waals surface area (Å²) in [6.07, 6.45) is 3.35. The summed E-state index contributed by atoms with van der Waals surface area (Å²) in [4.78, 5) is 4.42. The molecular weight excluding hydrogens is 289 g/mol. The number of rotatable bonds is 0. The quantitative estimate of drug-likeness (QED) is 0.745. The molecule has 0 amide bonds. The lowest BCUT2D eigenvalue weighted by atomic mass is 9.91. The van der Waals surface area contributed by atoms with Crippen molar-refractivity contribution in [3.8, 4) is 0 Å². The molecule has 0 spiro atoms. The maximum absolute atomic E-state index is 9.70. The third kappa shape index (κ3) is 1.62. The fourth-order valence-electron chi connectivity index (χ4n) is 2.56. The minimum absolute atomic E-state index is 0.214. The molecule has 2 aliphatic rings. The van der Waals surface area contributed by atoms with Gasteiger partial charge in [0.25, 0.3) is 0 Å². The molecule has 1 heterocycles. The summed E-state index contributed by atoms with van der Waals surface area (Å²) in [5, 5.41) is 10.2. The second kappa shape index (κ2) is 3.83. The predicted molar refractivity (Wildman–Crippen MR) is 67.4 cm³/mol. The Morgan fingerprint density at radius 3 is 3.12 bits per heavy atom. The first-order valence-electron chi connectivity index (χ1n) is 5.39. The van der Waals surface area contributed by atoms with Crippen LogP contribution in [0, 0.1) is 0 Å². The van der Waals surface area contributed by atoms with Gasteiger partial charge in [0.2, 0.25) is 0 Å². The molecular formula is C12H11BrClNO. The lowest BCUT2D eigenvalue weighted by molar-refractivity contribution is 0.166. The van der Waals surface area contributed by atoms with E-state index in [0.29, 0.717) is 5.15 Å². The van der Waals surface area contributed by atoms with Crippen molar-refractivity contribution in [2.24, 2.45) is 0 Å². The number of pyridine rings is 1. The SMILES string of the molecule is OC1CCC2=C(C1)c1nc(Cl)c(Br)cc1C2. The van der Waals surface area contributed by atoms with E-state index in [4.69, 9.17) is 11.6 Å². The zero-order valence-corrected chi connectivity index (χ0v) is 11.0. The van der Waals surface area contributed by atoms with Crippen molar-refractivity contribution in [2.75, 3.05) is 0 Å². The molecule has 84 valence electrons. The van der Waals surface area contributed by atoms with E-state index in [0.717, 1.165) is 35.8 Å². The molecule has 1 N–H and O–H groups in total. The number of hydrogen-bond acceptors (Lipinski definition) is 2. The van der Waals surface area contributed by atoms with Crippen molar-refractivity contribution < 1.29 is 5.11 Å². The van der Waals surface area contributed by atoms with Gasteiger partial charge in [-0.1, -0.05) is 17.2 Å². The Morgan fingerprint density at radius 2 is 2.31 bits per heavy atom. The maximum Gasteiger partial charge on any atom is 0.143 e. The van der Waals surface area contributed by atoms with Gasteiger partial charge in [0.1, 0.15) is 5.15 Å². The van der Waals surface area contributed by atoms with Crippen LogP contribution < -0.4 is 0 Å². The van der Waals surface area contributed by atoms with E-state index >= 15 is 0 Å². The van der Waals surface area contributed by atoms with Gasteiger partial charge in [-0.15, -0.1) is 0 Å². The van der Waals surface area contributed by atoms with Crippen LogP contribution in [0.1, 0.15) is 30.5 Å². The monoisotopic (exact) mass is 299 g/mol. The van der Waals surface area contributed by atoms with Gasteiger partial charge in [0, 0.05) is 6.42 Å². The van der Waals surface area contributed by atoms with Crippen LogP contribution in [0.3, 0.4) is 0 Å². The van der Waals surface area contributed by atoms with Crippen LogP contribution in [0.5, 0.6) is 0 Å². The molecule has 1 aromatic heterocycles. The first-order chi connectivity index (χ1) is 7.65. The first-order valence-corrected chi connectivity index (χ1v) is 6.56. The van der Waals surface area contributed by atoms with Crippen molar-refractivity contribution >= 4 is 33.1 Å². The van der Waals surface area contributed by atoms with E-state index in [9.17, 15) is 5.11 Å². The van der Waals surface area contributed by atoms with Crippen molar-refractivity contribution in [1.29, 1.82) is 0 Å². The third-order valence-electron chi connectivity index (χ3n) is 3.35. The van der Waals surface area contributed by atoms with Crippen LogP contribution in [-0.4, -0.2) is 16.2 Å². The Bertz CT molecular complexity index is 498. The number of aliphatic hydroxyl groups is 1. The minimum atomic E-state index is -0.214. The highest BCUT2D eigenvalue weighted by Crippen LogP contribution is 2.42. The molecule has 1 atom stereocenters. The molecule has 0 bridgehead atoms. The maximum atomic E-state index is 9.70. The fourth-order valence-corrected chi connectivity index (χ4v) is 3.07. The molecule has 1 aromatic rings. The number of fused-ring (bicyclic) bond motifs is 2. The molecule has 3 rings (SSSR count). The van der Waals surface area contributed by atoms with E-state index < -0.39 is 0 Å². The van der Waals surface area contributed by atoms with Crippen LogP contribution in [0.15, 0.2) is 16.1 Å². The summed E-state index contributed by atoms with van der Waals surface area (Å²) < 4.78 is 0.855. The lowest BCUT2D eigenvalue weighted by Gasteiger charge is -2.19. The van der Waals surface area contributed by atoms with Crippen LogP contribution in [0.4, 0.5) is 0 Å². The van der Waals surface area contributed by atoms with E-state index in [-0.39, 0.29) is 6.10 Å². The average molecular weight is 301 g/mol. The summed E-state index contributed by atoms with van der Waals surface area (Å²) in [6, 6.07) is 2.05. The summed E-state index contributed by atoms with van der Waals surface area (Å²) in [6.45, 7) is 0. The van der Waals surface area contributed by atoms with Crippen molar-refractivity contribution in [3.05, 3.63) is 32.5 Å². The smallest absolute Gasteiger partial charge is 0.143 e. The van der Waals surface area contributed by atoms with E-state index in [2.05, 4.69) is 27.0 Å². The molecule has 2 nitrogen and oxygen atoms in total. The minimum Gasteiger partial charge on any atom is -0.393 e. The highest BCUT2D eigenvalue weighted by molar-refractivity contribution is 9.10. The number of aliphatic hydroxyl groups excluding tert-OH is 1. The van der Waals surface area contributed by atoms with Gasteiger partial charge in [-0.3, -0.25) is 0 Å². The Balaban J connectivity index is 2.09. The number of halogens is 2. The molecule has 0 saturated heterocycles. The molecule has 0 saturated carbocycles. The second-order valence-electron chi connectivity index (χ2n) is 4.42. The standard InChI is InChI=1S/C12H11BrClNO/c13-10-4-7-3-6-1-2-8(16)5-9(6)11(7)15-12(10)14/h4,8,16H,1-3,5H2. The third-order valence-corrected chi connectivity index (χ3v) is 4.47. The van der Waals surface area contributed by atoms with Gasteiger partial charge in [-0.2, -0.15) is 0 Å². The molecule has 2 aliphatic carbocycles. The number of hydrogen-bond donors (Lipinski definition) is 1. The summed E-state index contributed by atoms with van der Waals surface area (Å²) in [7, 11) is 0. The van der Waals surface area contributed by atoms with E-state index in [1.54, 1.807) is 0 Å². The van der Waals surface area contributed by atoms with Crippen molar-refractivity contribution in [1.82, 2.24) is 4.98 Å². The number of nitrogens with zero attached hydrogens (tertiary/aromatic N) is 1. The number of allylic oxidation sites excluding steroid dienone is 1. The molecule has 0 fully saturated rings. The first kappa shape index (κ1) is 10.8. The summed E-state index contributed by atoms with van der Waals surface area (Å²) in [5.41, 5.74) is 4.89. The topological polar surface area (TPSA) is 33.1 Å². The summed E-state index contributed by atoms with van der Waals surface area (Å²) in [5.74, 6) is 0. The Morgan fingerprint density at radius 1 is 1.50 bits per heavy atom. The predicted octanol–water partition coefficient (Wildman–Crippen LogP) is 3.35. The van der Waals surface area contributed by atoms with E-state index in [1.165, 1.54) is 16.7 Å². The van der Waals surface area contributed by atoms with Gasteiger partial charge in [-0.25, -0.2) is 4.98 Å². The van der Waals surface area contributed by atoms with Gasteiger partial charge >= 0.3 is 0 Å². The van der Waals surface area contributed by atoms with Crippen LogP contribution in [0.2, 0.25) is 5.15 Å². The van der Waals surface area contributed by atoms with Crippen molar-refractivity contribution in [2.45, 2.75) is 31.8 Å². The van der Waals surface area contributed by atoms with Crippen LogP contribution in [-0.2, 0) is 6.42 Å². The molecule has 4 heteroatoms. The molecule has 1 unspecified atom stereocenters. The van der Waals surface area contributed by atoms with Crippen LogP contribution >= 0.6 is 27.5 Å². The average Bonchev–Trinajstić information content (AvgIpc) is 2.57. The van der Waals surface area contributed by atoms with Gasteiger partial charge in [-0.05, 0) is 52.4 Å². The van der Waals surface area contributed by atoms with E-state index in [1.807, 2.05) is 0 Å². The zero-order chi connectivity index (χ0) is 11.3. The lowest BCUT2D eigenvalue weighted by Crippen LogP contribution is -2.12. The fraction of sp³-hybridized carbons (Fsp3) is 0.417. The second-order valence-corrected chi connectivity index (χ2v) is 5.64. The molecule has 16 heavy (non-hydrogen) atoms. The van der Waals surface area contributed by atoms with Crippen molar-refractivity contribution in [3.63, 3.8) is 0 Å². The van der Waals surface area contributed by atoms with Gasteiger partial charge in [0.15, 0.2) is 0 Å². The highest BCUT2D eigenvalue weighted by Gasteiger charge is 2.29. The molecule has 0 aromatic carbocycles. The summed E-state index contributed by atoms with van der Waals surface area (Å²) >= 11 is 9.41.